The van der Waals surface area contributed by atoms with Gasteiger partial charge in [-0.1, -0.05) is 51.1 Å². The van der Waals surface area contributed by atoms with Gasteiger partial charge in [-0.05, 0) is 31.7 Å². The zero-order valence-corrected chi connectivity index (χ0v) is 14.7. The number of benzene rings is 1. The third-order valence-electron chi connectivity index (χ3n) is 3.72. The zero-order valence-electron chi connectivity index (χ0n) is 14.7. The summed E-state index contributed by atoms with van der Waals surface area (Å²) in [4.78, 5) is 14.3. The molecule has 1 atom stereocenters. The van der Waals surface area contributed by atoms with Crippen LogP contribution in [-0.2, 0) is 6.54 Å². The van der Waals surface area contributed by atoms with Crippen LogP contribution in [0.5, 0.6) is 0 Å². The Labute approximate surface area is 134 Å². The molecule has 0 radical (unpaired) electrons. The Morgan fingerprint density at radius 2 is 1.73 bits per heavy atom. The fourth-order valence-corrected chi connectivity index (χ4v) is 1.96. The van der Waals surface area contributed by atoms with Crippen LogP contribution in [-0.4, -0.2) is 34.2 Å². The number of carbonyl (C=O) groups is 1. The largest absolute Gasteiger partial charge is 0.389 e. The van der Waals surface area contributed by atoms with Crippen LogP contribution >= 0.6 is 0 Å². The molecule has 1 aromatic carbocycles. The normalized spacial score (nSPS) is 13.6. The maximum Gasteiger partial charge on any atom is 0.318 e. The van der Waals surface area contributed by atoms with Crippen LogP contribution in [0.15, 0.2) is 30.3 Å². The second-order valence-electron chi connectivity index (χ2n) is 7.69. The Morgan fingerprint density at radius 1 is 1.18 bits per heavy atom. The first-order chi connectivity index (χ1) is 9.99. The number of urea groups is 1. The Morgan fingerprint density at radius 3 is 2.18 bits per heavy atom. The third kappa shape index (κ3) is 6.48. The number of hydrogen-bond donors (Lipinski definition) is 2. The highest BCUT2D eigenvalue weighted by Gasteiger charge is 2.27. The van der Waals surface area contributed by atoms with Crippen molar-refractivity contribution in [3.63, 3.8) is 0 Å². The summed E-state index contributed by atoms with van der Waals surface area (Å²) in [6.45, 7) is 12.5. The number of rotatable bonds is 5. The fraction of sp³-hybridized carbons (Fsp3) is 0.611. The molecule has 1 unspecified atom stereocenters. The van der Waals surface area contributed by atoms with Crippen molar-refractivity contribution >= 4 is 6.03 Å². The van der Waals surface area contributed by atoms with Crippen molar-refractivity contribution < 1.29 is 9.90 Å². The van der Waals surface area contributed by atoms with Gasteiger partial charge in [-0.25, -0.2) is 4.79 Å². The summed E-state index contributed by atoms with van der Waals surface area (Å²) in [7, 11) is 0. The first kappa shape index (κ1) is 18.5. The lowest BCUT2D eigenvalue weighted by Crippen LogP contribution is -2.51. The van der Waals surface area contributed by atoms with E-state index in [0.717, 1.165) is 5.56 Å². The molecule has 0 spiro atoms. The van der Waals surface area contributed by atoms with Gasteiger partial charge in [-0.15, -0.1) is 0 Å². The summed E-state index contributed by atoms with van der Waals surface area (Å²) < 4.78 is 0. The monoisotopic (exact) mass is 306 g/mol. The Balaban J connectivity index is 2.83. The quantitative estimate of drug-likeness (QED) is 0.876. The van der Waals surface area contributed by atoms with Gasteiger partial charge in [0.25, 0.3) is 0 Å². The molecule has 0 aromatic heterocycles. The summed E-state index contributed by atoms with van der Waals surface area (Å²) in [6, 6.07) is 9.72. The summed E-state index contributed by atoms with van der Waals surface area (Å²) in [6.07, 6.45) is 0. The molecule has 0 fully saturated rings. The van der Waals surface area contributed by atoms with E-state index in [1.54, 1.807) is 18.7 Å². The SMILES string of the molecule is CC(NC(=O)N(Cc1ccccc1)CC(C)(C)O)C(C)(C)C. The number of hydrogen-bond acceptors (Lipinski definition) is 2. The molecule has 0 bridgehead atoms. The molecule has 4 nitrogen and oxygen atoms in total. The van der Waals surface area contributed by atoms with Crippen molar-refractivity contribution in [2.75, 3.05) is 6.54 Å². The molecule has 124 valence electrons. The van der Waals surface area contributed by atoms with Crippen molar-refractivity contribution in [2.24, 2.45) is 5.41 Å². The van der Waals surface area contributed by atoms with Crippen molar-refractivity contribution in [1.82, 2.24) is 10.2 Å². The Hall–Kier alpha value is -1.55. The van der Waals surface area contributed by atoms with Gasteiger partial charge in [-0.3, -0.25) is 0 Å². The molecule has 4 heteroatoms. The van der Waals surface area contributed by atoms with E-state index >= 15 is 0 Å². The maximum absolute atomic E-state index is 12.6. The van der Waals surface area contributed by atoms with E-state index < -0.39 is 5.60 Å². The number of nitrogens with zero attached hydrogens (tertiary/aromatic N) is 1. The summed E-state index contributed by atoms with van der Waals surface area (Å²) in [5, 5.41) is 13.1. The minimum absolute atomic E-state index is 0.0111. The van der Waals surface area contributed by atoms with Gasteiger partial charge >= 0.3 is 6.03 Å². The van der Waals surface area contributed by atoms with Crippen molar-refractivity contribution in [3.8, 4) is 0 Å². The summed E-state index contributed by atoms with van der Waals surface area (Å²) in [5.41, 5.74) is 0.102. The van der Waals surface area contributed by atoms with E-state index in [2.05, 4.69) is 26.1 Å². The second-order valence-corrected chi connectivity index (χ2v) is 7.69. The van der Waals surface area contributed by atoms with Gasteiger partial charge in [0, 0.05) is 12.6 Å². The molecule has 1 aromatic rings. The average Bonchev–Trinajstić information content (AvgIpc) is 2.36. The second kappa shape index (κ2) is 7.14. The third-order valence-corrected chi connectivity index (χ3v) is 3.72. The van der Waals surface area contributed by atoms with Crippen molar-refractivity contribution in [3.05, 3.63) is 35.9 Å². The van der Waals surface area contributed by atoms with Crippen molar-refractivity contribution in [1.29, 1.82) is 0 Å². The molecular formula is C18H30N2O2. The van der Waals surface area contributed by atoms with Crippen LogP contribution < -0.4 is 5.32 Å². The standard InChI is InChI=1S/C18H30N2O2/c1-14(17(2,3)4)19-16(21)20(13-18(5,6)22)12-15-10-8-7-9-11-15/h7-11,14,22H,12-13H2,1-6H3,(H,19,21). The van der Waals surface area contributed by atoms with Crippen LogP contribution in [0.4, 0.5) is 4.79 Å². The van der Waals surface area contributed by atoms with Gasteiger partial charge in [-0.2, -0.15) is 0 Å². The van der Waals surface area contributed by atoms with E-state index in [1.807, 2.05) is 37.3 Å². The zero-order chi connectivity index (χ0) is 17.0. The van der Waals surface area contributed by atoms with Gasteiger partial charge in [0.05, 0.1) is 12.1 Å². The van der Waals surface area contributed by atoms with Gasteiger partial charge in [0.2, 0.25) is 0 Å². The molecular weight excluding hydrogens is 276 g/mol. The van der Waals surface area contributed by atoms with Gasteiger partial charge < -0.3 is 15.3 Å². The van der Waals surface area contributed by atoms with Crippen LogP contribution in [0.2, 0.25) is 0 Å². The highest BCUT2D eigenvalue weighted by molar-refractivity contribution is 5.74. The summed E-state index contributed by atoms with van der Waals surface area (Å²) >= 11 is 0. The van der Waals surface area contributed by atoms with E-state index in [0.29, 0.717) is 6.54 Å². The number of carbonyl (C=O) groups excluding carboxylic acids is 1. The number of aliphatic hydroxyl groups is 1. The van der Waals surface area contributed by atoms with Crippen LogP contribution in [0.1, 0.15) is 47.1 Å². The van der Waals surface area contributed by atoms with Gasteiger partial charge in [0.1, 0.15) is 0 Å². The minimum atomic E-state index is -0.933. The molecule has 2 N–H and O–H groups in total. The first-order valence-electron chi connectivity index (χ1n) is 7.81. The molecule has 22 heavy (non-hydrogen) atoms. The van der Waals surface area contributed by atoms with Crippen LogP contribution in [0.25, 0.3) is 0 Å². The molecule has 0 aliphatic rings. The van der Waals surface area contributed by atoms with E-state index in [9.17, 15) is 9.90 Å². The number of nitrogens with one attached hydrogen (secondary N) is 1. The molecule has 0 aliphatic carbocycles. The van der Waals surface area contributed by atoms with E-state index in [1.165, 1.54) is 0 Å². The summed E-state index contributed by atoms with van der Waals surface area (Å²) in [5.74, 6) is 0. The highest BCUT2D eigenvalue weighted by Crippen LogP contribution is 2.19. The predicted octanol–water partition coefficient (Wildman–Crippen LogP) is 3.40. The topological polar surface area (TPSA) is 52.6 Å². The maximum atomic E-state index is 12.6. The highest BCUT2D eigenvalue weighted by atomic mass is 16.3. The van der Waals surface area contributed by atoms with Gasteiger partial charge in [0.15, 0.2) is 0 Å². The average molecular weight is 306 g/mol. The lowest BCUT2D eigenvalue weighted by molar-refractivity contribution is 0.0435. The van der Waals surface area contributed by atoms with Crippen molar-refractivity contribution in [2.45, 2.75) is 59.7 Å². The molecule has 0 heterocycles. The molecule has 1 rings (SSSR count). The Bertz CT molecular complexity index is 472. The van der Waals surface area contributed by atoms with Crippen LogP contribution in [0.3, 0.4) is 0 Å². The molecule has 0 saturated heterocycles. The predicted molar refractivity (Wildman–Crippen MR) is 90.6 cm³/mol. The smallest absolute Gasteiger partial charge is 0.318 e. The minimum Gasteiger partial charge on any atom is -0.389 e. The number of amides is 2. The molecule has 0 aliphatic heterocycles. The van der Waals surface area contributed by atoms with E-state index in [-0.39, 0.29) is 24.0 Å². The fourth-order valence-electron chi connectivity index (χ4n) is 1.96. The Kier molecular flexibility index (Phi) is 6.00. The first-order valence-corrected chi connectivity index (χ1v) is 7.81. The molecule has 2 amide bonds. The van der Waals surface area contributed by atoms with E-state index in [4.69, 9.17) is 0 Å². The molecule has 0 saturated carbocycles. The lowest BCUT2D eigenvalue weighted by Gasteiger charge is -2.34. The lowest BCUT2D eigenvalue weighted by atomic mass is 9.88. The van der Waals surface area contributed by atoms with Crippen LogP contribution in [0, 0.1) is 5.41 Å².